The van der Waals surface area contributed by atoms with Crippen molar-refractivity contribution in [2.45, 2.75) is 13.3 Å². The normalized spacial score (nSPS) is 10.5. The van der Waals surface area contributed by atoms with Crippen LogP contribution in [0.5, 0.6) is 5.75 Å². The molecule has 7 heteroatoms. The van der Waals surface area contributed by atoms with E-state index >= 15 is 0 Å². The summed E-state index contributed by atoms with van der Waals surface area (Å²) < 4.78 is 5.17. The first kappa shape index (κ1) is 18.3. The van der Waals surface area contributed by atoms with E-state index in [1.807, 2.05) is 25.9 Å². The largest absolute Gasteiger partial charge is 0.495 e. The van der Waals surface area contributed by atoms with Gasteiger partial charge in [0.25, 0.3) is 0 Å². The highest BCUT2D eigenvalue weighted by molar-refractivity contribution is 6.31. The first-order valence-corrected chi connectivity index (χ1v) is 7.26. The monoisotopic (exact) mass is 327 g/mol. The minimum atomic E-state index is -0.401. The van der Waals surface area contributed by atoms with E-state index in [1.165, 1.54) is 7.11 Å². The number of nitrogens with one attached hydrogen (secondary N) is 2. The van der Waals surface area contributed by atoms with Gasteiger partial charge in [0.15, 0.2) is 0 Å². The van der Waals surface area contributed by atoms with Gasteiger partial charge < -0.3 is 20.3 Å². The van der Waals surface area contributed by atoms with Crippen molar-refractivity contribution in [2.24, 2.45) is 0 Å². The molecular formula is C15H22ClN3O3. The highest BCUT2D eigenvalue weighted by atomic mass is 35.5. The van der Waals surface area contributed by atoms with Crippen LogP contribution in [0.25, 0.3) is 0 Å². The molecule has 0 saturated carbocycles. The minimum absolute atomic E-state index is 0.238. The van der Waals surface area contributed by atoms with Gasteiger partial charge in [0.05, 0.1) is 12.8 Å². The van der Waals surface area contributed by atoms with Crippen molar-refractivity contribution in [1.29, 1.82) is 0 Å². The second kappa shape index (κ2) is 8.60. The number of aryl methyl sites for hydroxylation is 1. The van der Waals surface area contributed by atoms with Crippen molar-refractivity contribution in [1.82, 2.24) is 10.2 Å². The Balaban J connectivity index is 2.58. The summed E-state index contributed by atoms with van der Waals surface area (Å²) in [6.45, 7) is 3.05. The van der Waals surface area contributed by atoms with Crippen LogP contribution in [-0.4, -0.2) is 51.0 Å². The van der Waals surface area contributed by atoms with Crippen LogP contribution in [0.1, 0.15) is 12.0 Å². The quantitative estimate of drug-likeness (QED) is 0.747. The molecule has 1 rings (SSSR count). The van der Waals surface area contributed by atoms with Gasteiger partial charge in [0, 0.05) is 24.2 Å². The average molecular weight is 328 g/mol. The van der Waals surface area contributed by atoms with Gasteiger partial charge in [-0.05, 0) is 32.6 Å². The predicted molar refractivity (Wildman–Crippen MR) is 87.6 cm³/mol. The summed E-state index contributed by atoms with van der Waals surface area (Å²) >= 11 is 6.01. The zero-order valence-corrected chi connectivity index (χ0v) is 14.1. The van der Waals surface area contributed by atoms with E-state index in [4.69, 9.17) is 16.3 Å². The van der Waals surface area contributed by atoms with Crippen molar-refractivity contribution < 1.29 is 14.3 Å². The SMILES string of the molecule is COc1cc(Cl)c(C)cc1NC(=O)CC(=O)NCCN(C)C. The molecule has 22 heavy (non-hydrogen) atoms. The van der Waals surface area contributed by atoms with Gasteiger partial charge in [-0.1, -0.05) is 11.6 Å². The molecule has 0 spiro atoms. The number of benzene rings is 1. The number of amides is 2. The minimum Gasteiger partial charge on any atom is -0.495 e. The summed E-state index contributed by atoms with van der Waals surface area (Å²) in [5.74, 6) is -0.261. The Morgan fingerprint density at radius 2 is 1.95 bits per heavy atom. The number of hydrogen-bond acceptors (Lipinski definition) is 4. The van der Waals surface area contributed by atoms with Crippen LogP contribution >= 0.6 is 11.6 Å². The maximum Gasteiger partial charge on any atom is 0.233 e. The van der Waals surface area contributed by atoms with E-state index in [0.717, 1.165) is 12.1 Å². The van der Waals surface area contributed by atoms with Gasteiger partial charge in [-0.25, -0.2) is 0 Å². The molecule has 0 aliphatic heterocycles. The first-order valence-electron chi connectivity index (χ1n) is 6.89. The Kier molecular flexibility index (Phi) is 7.14. The number of nitrogens with zero attached hydrogens (tertiary/aromatic N) is 1. The van der Waals surface area contributed by atoms with E-state index < -0.39 is 5.91 Å². The summed E-state index contributed by atoms with van der Waals surface area (Å²) in [7, 11) is 5.31. The second-order valence-electron chi connectivity index (χ2n) is 5.18. The smallest absolute Gasteiger partial charge is 0.233 e. The molecule has 2 amide bonds. The lowest BCUT2D eigenvalue weighted by molar-refractivity contribution is -0.126. The lowest BCUT2D eigenvalue weighted by Gasteiger charge is -2.13. The number of hydrogen-bond donors (Lipinski definition) is 2. The highest BCUT2D eigenvalue weighted by Gasteiger charge is 2.13. The van der Waals surface area contributed by atoms with Gasteiger partial charge in [0.1, 0.15) is 12.2 Å². The summed E-state index contributed by atoms with van der Waals surface area (Å²) in [5, 5.41) is 5.90. The van der Waals surface area contributed by atoms with Crippen molar-refractivity contribution >= 4 is 29.1 Å². The number of carbonyl (C=O) groups excluding carboxylic acids is 2. The number of likely N-dealkylation sites (N-methyl/N-ethyl adjacent to an activating group) is 1. The number of anilines is 1. The van der Waals surface area contributed by atoms with E-state index in [-0.39, 0.29) is 12.3 Å². The van der Waals surface area contributed by atoms with E-state index in [1.54, 1.807) is 12.1 Å². The van der Waals surface area contributed by atoms with Crippen LogP contribution in [0.3, 0.4) is 0 Å². The summed E-state index contributed by atoms with van der Waals surface area (Å²) in [5.41, 5.74) is 1.31. The van der Waals surface area contributed by atoms with Crippen LogP contribution in [0, 0.1) is 6.92 Å². The Bertz CT molecular complexity index is 547. The van der Waals surface area contributed by atoms with E-state index in [9.17, 15) is 9.59 Å². The Labute approximate surface area is 135 Å². The molecule has 0 aliphatic carbocycles. The molecule has 122 valence electrons. The molecule has 0 atom stereocenters. The Hall–Kier alpha value is -1.79. The lowest BCUT2D eigenvalue weighted by atomic mass is 10.2. The molecule has 0 aliphatic rings. The van der Waals surface area contributed by atoms with Crippen LogP contribution in [-0.2, 0) is 9.59 Å². The highest BCUT2D eigenvalue weighted by Crippen LogP contribution is 2.30. The van der Waals surface area contributed by atoms with Gasteiger partial charge in [-0.3, -0.25) is 9.59 Å². The summed E-state index contributed by atoms with van der Waals surface area (Å²) in [6, 6.07) is 3.34. The van der Waals surface area contributed by atoms with Crippen molar-refractivity contribution in [2.75, 3.05) is 39.6 Å². The maximum atomic E-state index is 11.9. The second-order valence-corrected chi connectivity index (χ2v) is 5.59. The molecule has 2 N–H and O–H groups in total. The number of rotatable bonds is 7. The fourth-order valence-corrected chi connectivity index (χ4v) is 1.91. The molecule has 0 radical (unpaired) electrons. The molecule has 1 aromatic carbocycles. The Morgan fingerprint density at radius 1 is 1.27 bits per heavy atom. The fraction of sp³-hybridized carbons (Fsp3) is 0.467. The van der Waals surface area contributed by atoms with Gasteiger partial charge in [0.2, 0.25) is 11.8 Å². The third-order valence-corrected chi connectivity index (χ3v) is 3.36. The van der Waals surface area contributed by atoms with Crippen molar-refractivity contribution in [3.63, 3.8) is 0 Å². The number of halogens is 1. The van der Waals surface area contributed by atoms with Crippen molar-refractivity contribution in [3.8, 4) is 5.75 Å². The molecule has 0 fully saturated rings. The van der Waals surface area contributed by atoms with Gasteiger partial charge in [-0.2, -0.15) is 0 Å². The molecule has 0 bridgehead atoms. The van der Waals surface area contributed by atoms with Gasteiger partial charge >= 0.3 is 0 Å². The topological polar surface area (TPSA) is 70.7 Å². The third kappa shape index (κ3) is 5.91. The average Bonchev–Trinajstić information content (AvgIpc) is 2.41. The molecule has 0 aromatic heterocycles. The lowest BCUT2D eigenvalue weighted by Crippen LogP contribution is -2.33. The molecule has 0 heterocycles. The molecule has 1 aromatic rings. The molecule has 0 saturated heterocycles. The van der Waals surface area contributed by atoms with E-state index in [0.29, 0.717) is 23.0 Å². The summed E-state index contributed by atoms with van der Waals surface area (Å²) in [4.78, 5) is 25.5. The third-order valence-electron chi connectivity index (χ3n) is 2.96. The standard InChI is InChI=1S/C15H22ClN3O3/c1-10-7-12(13(22-4)8-11(10)16)18-15(21)9-14(20)17-5-6-19(2)3/h7-8H,5-6,9H2,1-4H3,(H,17,20)(H,18,21). The van der Waals surface area contributed by atoms with Crippen LogP contribution in [0.15, 0.2) is 12.1 Å². The predicted octanol–water partition coefficient (Wildman–Crippen LogP) is 1.66. The van der Waals surface area contributed by atoms with Crippen LogP contribution in [0.4, 0.5) is 5.69 Å². The zero-order valence-electron chi connectivity index (χ0n) is 13.3. The number of ether oxygens (including phenoxy) is 1. The number of methoxy groups -OCH3 is 1. The molecule has 6 nitrogen and oxygen atoms in total. The van der Waals surface area contributed by atoms with E-state index in [2.05, 4.69) is 10.6 Å². The van der Waals surface area contributed by atoms with Gasteiger partial charge in [-0.15, -0.1) is 0 Å². The van der Waals surface area contributed by atoms with Crippen molar-refractivity contribution in [3.05, 3.63) is 22.7 Å². The van der Waals surface area contributed by atoms with Crippen LogP contribution in [0.2, 0.25) is 5.02 Å². The Morgan fingerprint density at radius 3 is 2.55 bits per heavy atom. The van der Waals surface area contributed by atoms with Crippen LogP contribution < -0.4 is 15.4 Å². The first-order chi connectivity index (χ1) is 10.3. The zero-order chi connectivity index (χ0) is 16.7. The number of carbonyl (C=O) groups is 2. The molecular weight excluding hydrogens is 306 g/mol. The summed E-state index contributed by atoms with van der Waals surface area (Å²) in [6.07, 6.45) is -0.238. The maximum absolute atomic E-state index is 11.9. The molecule has 0 unspecified atom stereocenters. The fourth-order valence-electron chi connectivity index (χ4n) is 1.75.